The molecule has 0 radical (unpaired) electrons. The first kappa shape index (κ1) is 14.5. The van der Waals surface area contributed by atoms with E-state index in [9.17, 15) is 4.79 Å². The SMILES string of the molecule is Cn1ncc(NCc2cnn(-c3ccccc3)c2)c(Br)c1=O. The van der Waals surface area contributed by atoms with Crippen LogP contribution in [-0.2, 0) is 13.6 Å². The second-order valence-corrected chi connectivity index (χ2v) is 5.58. The average molecular weight is 360 g/mol. The number of para-hydroxylation sites is 1. The van der Waals surface area contributed by atoms with Crippen LogP contribution in [0.2, 0.25) is 0 Å². The van der Waals surface area contributed by atoms with Gasteiger partial charge >= 0.3 is 0 Å². The van der Waals surface area contributed by atoms with Gasteiger partial charge in [0.15, 0.2) is 0 Å². The van der Waals surface area contributed by atoms with Crippen LogP contribution in [0.15, 0.2) is 58.2 Å². The van der Waals surface area contributed by atoms with Gasteiger partial charge in [0.1, 0.15) is 4.47 Å². The zero-order chi connectivity index (χ0) is 15.5. The van der Waals surface area contributed by atoms with E-state index in [2.05, 4.69) is 31.4 Å². The van der Waals surface area contributed by atoms with Gasteiger partial charge in [0.05, 0.1) is 23.8 Å². The lowest BCUT2D eigenvalue weighted by Gasteiger charge is -2.07. The molecule has 3 aromatic rings. The Hall–Kier alpha value is -2.41. The van der Waals surface area contributed by atoms with Gasteiger partial charge < -0.3 is 5.32 Å². The fraction of sp³-hybridized carbons (Fsp3) is 0.133. The van der Waals surface area contributed by atoms with E-state index in [-0.39, 0.29) is 5.56 Å². The molecule has 0 atom stereocenters. The van der Waals surface area contributed by atoms with E-state index in [0.29, 0.717) is 16.7 Å². The van der Waals surface area contributed by atoms with Crippen molar-refractivity contribution < 1.29 is 0 Å². The molecule has 112 valence electrons. The summed E-state index contributed by atoms with van der Waals surface area (Å²) in [7, 11) is 1.61. The normalized spacial score (nSPS) is 10.6. The van der Waals surface area contributed by atoms with E-state index in [4.69, 9.17) is 0 Å². The van der Waals surface area contributed by atoms with Gasteiger partial charge in [0, 0.05) is 25.4 Å². The Morgan fingerprint density at radius 3 is 2.73 bits per heavy atom. The van der Waals surface area contributed by atoms with E-state index < -0.39 is 0 Å². The summed E-state index contributed by atoms with van der Waals surface area (Å²) < 4.78 is 3.57. The topological polar surface area (TPSA) is 64.7 Å². The number of halogens is 1. The fourth-order valence-corrected chi connectivity index (χ4v) is 2.50. The highest BCUT2D eigenvalue weighted by Crippen LogP contribution is 2.17. The molecule has 3 rings (SSSR count). The van der Waals surface area contributed by atoms with E-state index >= 15 is 0 Å². The van der Waals surface area contributed by atoms with Crippen molar-refractivity contribution in [2.75, 3.05) is 5.32 Å². The Kier molecular flexibility index (Phi) is 4.06. The second-order valence-electron chi connectivity index (χ2n) is 4.78. The summed E-state index contributed by atoms with van der Waals surface area (Å²) in [6.07, 6.45) is 5.36. The maximum atomic E-state index is 11.8. The molecular formula is C15H14BrN5O. The summed E-state index contributed by atoms with van der Waals surface area (Å²) in [5.41, 5.74) is 2.50. The van der Waals surface area contributed by atoms with Gasteiger partial charge in [-0.1, -0.05) is 18.2 Å². The number of aromatic nitrogens is 4. The molecule has 1 N–H and O–H groups in total. The summed E-state index contributed by atoms with van der Waals surface area (Å²) in [6, 6.07) is 9.89. The molecule has 0 saturated carbocycles. The van der Waals surface area contributed by atoms with Crippen molar-refractivity contribution in [1.29, 1.82) is 0 Å². The molecule has 0 amide bonds. The number of nitrogens with one attached hydrogen (secondary N) is 1. The van der Waals surface area contributed by atoms with Crippen LogP contribution in [0.25, 0.3) is 5.69 Å². The van der Waals surface area contributed by atoms with Crippen molar-refractivity contribution in [3.8, 4) is 5.69 Å². The summed E-state index contributed by atoms with van der Waals surface area (Å²) in [5.74, 6) is 0. The van der Waals surface area contributed by atoms with Crippen LogP contribution >= 0.6 is 15.9 Å². The van der Waals surface area contributed by atoms with E-state index in [1.807, 2.05) is 41.2 Å². The standard InChI is InChI=1S/C15H14BrN5O/c1-20-15(22)14(16)13(9-18-20)17-7-11-8-19-21(10-11)12-5-3-2-4-6-12/h2-6,8-10,17H,7H2,1H3. The quantitative estimate of drug-likeness (QED) is 0.776. The van der Waals surface area contributed by atoms with Crippen molar-refractivity contribution in [2.24, 2.45) is 7.05 Å². The maximum Gasteiger partial charge on any atom is 0.282 e. The summed E-state index contributed by atoms with van der Waals surface area (Å²) in [5, 5.41) is 11.5. The van der Waals surface area contributed by atoms with E-state index in [1.165, 1.54) is 4.68 Å². The zero-order valence-electron chi connectivity index (χ0n) is 11.9. The molecular weight excluding hydrogens is 346 g/mol. The zero-order valence-corrected chi connectivity index (χ0v) is 13.5. The molecule has 0 aliphatic rings. The molecule has 0 saturated heterocycles. The van der Waals surface area contributed by atoms with E-state index in [0.717, 1.165) is 11.3 Å². The van der Waals surface area contributed by atoms with Crippen LogP contribution in [0.4, 0.5) is 5.69 Å². The van der Waals surface area contributed by atoms with E-state index in [1.54, 1.807) is 19.4 Å². The van der Waals surface area contributed by atoms with Crippen molar-refractivity contribution in [1.82, 2.24) is 19.6 Å². The van der Waals surface area contributed by atoms with Crippen LogP contribution in [0, 0.1) is 0 Å². The molecule has 1 aromatic carbocycles. The molecule has 6 nitrogen and oxygen atoms in total. The van der Waals surface area contributed by atoms with Crippen LogP contribution in [0.3, 0.4) is 0 Å². The first-order chi connectivity index (χ1) is 10.6. The molecule has 2 aromatic heterocycles. The number of nitrogens with zero attached hydrogens (tertiary/aromatic N) is 4. The second kappa shape index (κ2) is 6.15. The van der Waals surface area contributed by atoms with Crippen molar-refractivity contribution in [3.05, 3.63) is 69.3 Å². The molecule has 2 heterocycles. The third-order valence-electron chi connectivity index (χ3n) is 3.22. The fourth-order valence-electron chi connectivity index (χ4n) is 2.00. The van der Waals surface area contributed by atoms with Gasteiger partial charge in [-0.2, -0.15) is 10.2 Å². The predicted molar refractivity (Wildman–Crippen MR) is 88.1 cm³/mol. The van der Waals surface area contributed by atoms with Gasteiger partial charge in [-0.15, -0.1) is 0 Å². The van der Waals surface area contributed by atoms with Gasteiger partial charge in [0.25, 0.3) is 5.56 Å². The first-order valence-corrected chi connectivity index (χ1v) is 7.49. The molecule has 22 heavy (non-hydrogen) atoms. The maximum absolute atomic E-state index is 11.8. The van der Waals surface area contributed by atoms with Crippen LogP contribution in [0.5, 0.6) is 0 Å². The Balaban J connectivity index is 1.74. The molecule has 0 unspecified atom stereocenters. The summed E-state index contributed by atoms with van der Waals surface area (Å²) in [6.45, 7) is 0.556. The Morgan fingerprint density at radius 1 is 1.18 bits per heavy atom. The van der Waals surface area contributed by atoms with Gasteiger partial charge in [-0.25, -0.2) is 9.36 Å². The monoisotopic (exact) mass is 359 g/mol. The molecule has 0 fully saturated rings. The first-order valence-electron chi connectivity index (χ1n) is 6.70. The smallest absolute Gasteiger partial charge is 0.282 e. The van der Waals surface area contributed by atoms with Crippen molar-refractivity contribution in [2.45, 2.75) is 6.54 Å². The lowest BCUT2D eigenvalue weighted by Crippen LogP contribution is -2.21. The molecule has 0 aliphatic carbocycles. The molecule has 0 spiro atoms. The number of anilines is 1. The van der Waals surface area contributed by atoms with Crippen LogP contribution in [-0.4, -0.2) is 19.6 Å². The highest BCUT2D eigenvalue weighted by atomic mass is 79.9. The van der Waals surface area contributed by atoms with Gasteiger partial charge in [0.2, 0.25) is 0 Å². The number of hydrogen-bond donors (Lipinski definition) is 1. The minimum Gasteiger partial charge on any atom is -0.378 e. The van der Waals surface area contributed by atoms with Crippen LogP contribution < -0.4 is 10.9 Å². The highest BCUT2D eigenvalue weighted by molar-refractivity contribution is 9.10. The highest BCUT2D eigenvalue weighted by Gasteiger charge is 2.07. The summed E-state index contributed by atoms with van der Waals surface area (Å²) >= 11 is 3.29. The Labute approximate surface area is 135 Å². The van der Waals surface area contributed by atoms with Crippen LogP contribution in [0.1, 0.15) is 5.56 Å². The van der Waals surface area contributed by atoms with Crippen molar-refractivity contribution in [3.63, 3.8) is 0 Å². The Morgan fingerprint density at radius 2 is 1.95 bits per heavy atom. The third-order valence-corrected chi connectivity index (χ3v) is 3.98. The third kappa shape index (κ3) is 2.94. The number of hydrogen-bond acceptors (Lipinski definition) is 4. The number of rotatable bonds is 4. The molecule has 0 aliphatic heterocycles. The average Bonchev–Trinajstić information content (AvgIpc) is 3.02. The minimum absolute atomic E-state index is 0.176. The number of aryl methyl sites for hydroxylation is 1. The predicted octanol–water partition coefficient (Wildman–Crippen LogP) is 2.34. The van der Waals surface area contributed by atoms with Crippen molar-refractivity contribution >= 4 is 21.6 Å². The lowest BCUT2D eigenvalue weighted by atomic mass is 10.3. The molecule has 0 bridgehead atoms. The van der Waals surface area contributed by atoms with Gasteiger partial charge in [-0.3, -0.25) is 4.79 Å². The summed E-state index contributed by atoms with van der Waals surface area (Å²) in [4.78, 5) is 11.8. The van der Waals surface area contributed by atoms with Gasteiger partial charge in [-0.05, 0) is 28.1 Å². The minimum atomic E-state index is -0.176. The largest absolute Gasteiger partial charge is 0.378 e. The number of benzene rings is 1. The molecule has 7 heteroatoms. The lowest BCUT2D eigenvalue weighted by molar-refractivity contribution is 0.703. The Bertz CT molecular complexity index is 841.